The summed E-state index contributed by atoms with van der Waals surface area (Å²) >= 11 is 0. The molecular formula is C14H20N4. The minimum Gasteiger partial charge on any atom is -0.337 e. The Labute approximate surface area is 108 Å². The molecular weight excluding hydrogens is 224 g/mol. The van der Waals surface area contributed by atoms with E-state index in [0.29, 0.717) is 6.04 Å². The Balaban J connectivity index is 1.88. The molecule has 0 saturated heterocycles. The van der Waals surface area contributed by atoms with Gasteiger partial charge in [-0.1, -0.05) is 13.0 Å². The third kappa shape index (κ3) is 3.40. The Morgan fingerprint density at radius 3 is 2.78 bits per heavy atom. The summed E-state index contributed by atoms with van der Waals surface area (Å²) in [5.41, 5.74) is 1.14. The van der Waals surface area contributed by atoms with Gasteiger partial charge in [-0.15, -0.1) is 0 Å². The summed E-state index contributed by atoms with van der Waals surface area (Å²) in [7, 11) is 2.02. The zero-order valence-electron chi connectivity index (χ0n) is 11.0. The van der Waals surface area contributed by atoms with Gasteiger partial charge in [0.15, 0.2) is 0 Å². The van der Waals surface area contributed by atoms with Gasteiger partial charge in [0.2, 0.25) is 0 Å². The van der Waals surface area contributed by atoms with E-state index >= 15 is 0 Å². The van der Waals surface area contributed by atoms with Crippen LogP contribution in [0.3, 0.4) is 0 Å². The molecule has 2 aromatic heterocycles. The molecule has 0 aliphatic heterocycles. The molecule has 4 heteroatoms. The van der Waals surface area contributed by atoms with Crippen LogP contribution in [0.1, 0.15) is 24.9 Å². The van der Waals surface area contributed by atoms with Gasteiger partial charge in [-0.2, -0.15) is 0 Å². The van der Waals surface area contributed by atoms with Gasteiger partial charge in [0.25, 0.3) is 0 Å². The Hall–Kier alpha value is -1.68. The third-order valence-corrected chi connectivity index (χ3v) is 3.14. The van der Waals surface area contributed by atoms with Gasteiger partial charge in [-0.05, 0) is 18.6 Å². The van der Waals surface area contributed by atoms with Gasteiger partial charge in [0.1, 0.15) is 5.82 Å². The van der Waals surface area contributed by atoms with Crippen molar-refractivity contribution in [3.05, 3.63) is 48.3 Å². The minimum absolute atomic E-state index is 0.441. The molecule has 1 N–H and O–H groups in total. The highest BCUT2D eigenvalue weighted by Crippen LogP contribution is 2.04. The predicted octanol–water partition coefficient (Wildman–Crippen LogP) is 1.93. The predicted molar refractivity (Wildman–Crippen MR) is 72.1 cm³/mol. The highest BCUT2D eigenvalue weighted by Gasteiger charge is 2.08. The maximum absolute atomic E-state index is 4.37. The van der Waals surface area contributed by atoms with Crippen molar-refractivity contribution >= 4 is 0 Å². The van der Waals surface area contributed by atoms with E-state index in [9.17, 15) is 0 Å². The molecule has 0 bridgehead atoms. The molecule has 0 fully saturated rings. The molecule has 1 atom stereocenters. The largest absolute Gasteiger partial charge is 0.337 e. The normalized spacial score (nSPS) is 12.6. The number of hydrogen-bond donors (Lipinski definition) is 1. The van der Waals surface area contributed by atoms with Crippen molar-refractivity contribution in [2.45, 2.75) is 32.4 Å². The Kier molecular flexibility index (Phi) is 4.47. The van der Waals surface area contributed by atoms with Crippen LogP contribution < -0.4 is 5.32 Å². The molecule has 2 rings (SSSR count). The fourth-order valence-corrected chi connectivity index (χ4v) is 1.93. The second-order valence-electron chi connectivity index (χ2n) is 4.47. The van der Waals surface area contributed by atoms with E-state index in [4.69, 9.17) is 0 Å². The molecule has 2 heterocycles. The van der Waals surface area contributed by atoms with Crippen LogP contribution in [0, 0.1) is 0 Å². The van der Waals surface area contributed by atoms with Gasteiger partial charge in [0.05, 0.1) is 6.54 Å². The third-order valence-electron chi connectivity index (χ3n) is 3.14. The fraction of sp³-hybridized carbons (Fsp3) is 0.429. The molecule has 0 aliphatic rings. The maximum atomic E-state index is 4.37. The van der Waals surface area contributed by atoms with Gasteiger partial charge in [-0.3, -0.25) is 4.98 Å². The van der Waals surface area contributed by atoms with Crippen LogP contribution in [0.5, 0.6) is 0 Å². The van der Waals surface area contributed by atoms with Crippen molar-refractivity contribution in [3.8, 4) is 0 Å². The highest BCUT2D eigenvalue weighted by atomic mass is 15.1. The van der Waals surface area contributed by atoms with Crippen molar-refractivity contribution < 1.29 is 0 Å². The lowest BCUT2D eigenvalue weighted by molar-refractivity contribution is 0.477. The summed E-state index contributed by atoms with van der Waals surface area (Å²) < 4.78 is 2.04. The number of nitrogens with zero attached hydrogens (tertiary/aromatic N) is 3. The quantitative estimate of drug-likeness (QED) is 0.844. The van der Waals surface area contributed by atoms with E-state index in [0.717, 1.165) is 30.9 Å². The molecule has 0 aliphatic carbocycles. The monoisotopic (exact) mass is 244 g/mol. The van der Waals surface area contributed by atoms with E-state index in [1.165, 1.54) is 0 Å². The first-order chi connectivity index (χ1) is 8.79. The van der Waals surface area contributed by atoms with Crippen molar-refractivity contribution in [3.63, 3.8) is 0 Å². The number of aryl methyl sites for hydroxylation is 1. The molecule has 1 unspecified atom stereocenters. The number of pyridine rings is 1. The zero-order valence-corrected chi connectivity index (χ0v) is 11.0. The molecule has 0 radical (unpaired) electrons. The number of imidazole rings is 1. The van der Waals surface area contributed by atoms with Gasteiger partial charge < -0.3 is 9.88 Å². The van der Waals surface area contributed by atoms with Gasteiger partial charge in [-0.25, -0.2) is 4.98 Å². The van der Waals surface area contributed by atoms with E-state index in [1.54, 1.807) is 0 Å². The molecule has 0 saturated carbocycles. The molecule has 0 spiro atoms. The molecule has 2 aromatic rings. The average molecular weight is 244 g/mol. The van der Waals surface area contributed by atoms with Crippen molar-refractivity contribution in [1.29, 1.82) is 0 Å². The van der Waals surface area contributed by atoms with Crippen LogP contribution in [0.15, 0.2) is 36.8 Å². The first-order valence-corrected chi connectivity index (χ1v) is 6.39. The van der Waals surface area contributed by atoms with Crippen LogP contribution in [-0.2, 0) is 20.0 Å². The van der Waals surface area contributed by atoms with Crippen LogP contribution in [0.4, 0.5) is 0 Å². The number of hydrogen-bond acceptors (Lipinski definition) is 3. The Morgan fingerprint density at radius 1 is 1.28 bits per heavy atom. The average Bonchev–Trinajstić information content (AvgIpc) is 2.81. The van der Waals surface area contributed by atoms with Crippen LogP contribution >= 0.6 is 0 Å². The zero-order chi connectivity index (χ0) is 12.8. The van der Waals surface area contributed by atoms with Crippen molar-refractivity contribution in [1.82, 2.24) is 19.9 Å². The second kappa shape index (κ2) is 6.31. The number of rotatable bonds is 6. The fourth-order valence-electron chi connectivity index (χ4n) is 1.93. The first kappa shape index (κ1) is 12.8. The summed E-state index contributed by atoms with van der Waals surface area (Å²) in [6, 6.07) is 6.50. The summed E-state index contributed by atoms with van der Waals surface area (Å²) in [5.74, 6) is 1.06. The maximum Gasteiger partial charge on any atom is 0.122 e. The molecule has 18 heavy (non-hydrogen) atoms. The lowest BCUT2D eigenvalue weighted by Gasteiger charge is -2.16. The smallest absolute Gasteiger partial charge is 0.122 e. The lowest BCUT2D eigenvalue weighted by atomic mass is 10.1. The Bertz CT molecular complexity index is 464. The Morgan fingerprint density at radius 2 is 2.17 bits per heavy atom. The first-order valence-electron chi connectivity index (χ1n) is 6.39. The molecule has 0 amide bonds. The van der Waals surface area contributed by atoms with Crippen LogP contribution in [0.2, 0.25) is 0 Å². The van der Waals surface area contributed by atoms with Crippen molar-refractivity contribution in [2.24, 2.45) is 7.05 Å². The minimum atomic E-state index is 0.441. The topological polar surface area (TPSA) is 42.7 Å². The summed E-state index contributed by atoms with van der Waals surface area (Å²) in [6.45, 7) is 2.99. The molecule has 96 valence electrons. The van der Waals surface area contributed by atoms with Gasteiger partial charge in [0, 0.05) is 43.8 Å². The number of nitrogens with one attached hydrogen (secondary N) is 1. The van der Waals surface area contributed by atoms with E-state index in [1.807, 2.05) is 42.3 Å². The van der Waals surface area contributed by atoms with Crippen molar-refractivity contribution in [2.75, 3.05) is 0 Å². The standard InChI is InChI=1S/C14H20N4/c1-3-12(10-13-6-4-5-7-15-13)17-11-14-16-8-9-18(14)2/h4-9,12,17H,3,10-11H2,1-2H3. The van der Waals surface area contributed by atoms with E-state index in [2.05, 4.69) is 28.3 Å². The molecule has 4 nitrogen and oxygen atoms in total. The van der Waals surface area contributed by atoms with Gasteiger partial charge >= 0.3 is 0 Å². The van der Waals surface area contributed by atoms with Crippen LogP contribution in [0.25, 0.3) is 0 Å². The lowest BCUT2D eigenvalue weighted by Crippen LogP contribution is -2.31. The highest BCUT2D eigenvalue weighted by molar-refractivity contribution is 5.05. The van der Waals surface area contributed by atoms with E-state index < -0.39 is 0 Å². The summed E-state index contributed by atoms with van der Waals surface area (Å²) in [6.07, 6.45) is 7.69. The van der Waals surface area contributed by atoms with E-state index in [-0.39, 0.29) is 0 Å². The second-order valence-corrected chi connectivity index (χ2v) is 4.47. The number of aromatic nitrogens is 3. The summed E-state index contributed by atoms with van der Waals surface area (Å²) in [4.78, 5) is 8.68. The molecule has 0 aromatic carbocycles. The SMILES string of the molecule is CCC(Cc1ccccn1)NCc1nccn1C. The van der Waals surface area contributed by atoms with Crippen LogP contribution in [-0.4, -0.2) is 20.6 Å². The summed E-state index contributed by atoms with van der Waals surface area (Å²) in [5, 5.41) is 3.54.